The molecule has 0 saturated carbocycles. The standard InChI is InChI=1S/C26H24BrN3O2S/c1-15-5-10-23(16(2)11-15)30-25(32)14-33-26-22(13-28)17(3)21(18(4)29-26)12-24(31)19-6-8-20(27)9-7-19/h5-11H,12,14H2,1-4H3,(H,30,32). The summed E-state index contributed by atoms with van der Waals surface area (Å²) in [4.78, 5) is 29.8. The fourth-order valence-corrected chi connectivity index (χ4v) is 4.68. The lowest BCUT2D eigenvalue weighted by molar-refractivity contribution is -0.113. The summed E-state index contributed by atoms with van der Waals surface area (Å²) >= 11 is 4.60. The molecular weight excluding hydrogens is 498 g/mol. The molecular formula is C26H24BrN3O2S. The van der Waals surface area contributed by atoms with Crippen LogP contribution in [0.15, 0.2) is 52.0 Å². The Hall–Kier alpha value is -2.95. The first kappa shape index (κ1) is 24.7. The van der Waals surface area contributed by atoms with Crippen LogP contribution in [-0.2, 0) is 11.2 Å². The van der Waals surface area contributed by atoms with Crippen molar-refractivity contribution in [3.05, 3.63) is 86.0 Å². The van der Waals surface area contributed by atoms with Gasteiger partial charge in [-0.15, -0.1) is 0 Å². The van der Waals surface area contributed by atoms with Crippen molar-refractivity contribution < 1.29 is 9.59 Å². The number of rotatable bonds is 7. The monoisotopic (exact) mass is 521 g/mol. The van der Waals surface area contributed by atoms with Gasteiger partial charge in [-0.05, 0) is 62.6 Å². The first-order valence-corrected chi connectivity index (χ1v) is 12.2. The number of pyridine rings is 1. The van der Waals surface area contributed by atoms with Gasteiger partial charge < -0.3 is 5.32 Å². The number of hydrogen-bond donors (Lipinski definition) is 1. The highest BCUT2D eigenvalue weighted by molar-refractivity contribution is 9.10. The Bertz CT molecular complexity index is 1260. The van der Waals surface area contributed by atoms with Gasteiger partial charge in [0.2, 0.25) is 5.91 Å². The number of nitrogens with one attached hydrogen (secondary N) is 1. The molecule has 0 radical (unpaired) electrons. The summed E-state index contributed by atoms with van der Waals surface area (Å²) in [5, 5.41) is 13.2. The van der Waals surface area contributed by atoms with Crippen molar-refractivity contribution in [3.63, 3.8) is 0 Å². The van der Waals surface area contributed by atoms with E-state index in [0.29, 0.717) is 21.8 Å². The highest BCUT2D eigenvalue weighted by atomic mass is 79.9. The first-order chi connectivity index (χ1) is 15.7. The van der Waals surface area contributed by atoms with Gasteiger partial charge in [-0.3, -0.25) is 9.59 Å². The number of thioether (sulfide) groups is 1. The zero-order chi connectivity index (χ0) is 24.1. The highest BCUT2D eigenvalue weighted by Gasteiger charge is 2.19. The van der Waals surface area contributed by atoms with Crippen LogP contribution in [0.2, 0.25) is 0 Å². The maximum Gasteiger partial charge on any atom is 0.234 e. The Kier molecular flexibility index (Phi) is 8.06. The predicted octanol–water partition coefficient (Wildman–Crippen LogP) is 6.11. The minimum absolute atomic E-state index is 0.0346. The molecule has 0 bridgehead atoms. The summed E-state index contributed by atoms with van der Waals surface area (Å²) in [6.07, 6.45) is 0.166. The third-order valence-electron chi connectivity index (χ3n) is 5.36. The van der Waals surface area contributed by atoms with Crippen molar-refractivity contribution in [1.29, 1.82) is 5.26 Å². The van der Waals surface area contributed by atoms with Crippen molar-refractivity contribution in [2.24, 2.45) is 0 Å². The molecule has 0 spiro atoms. The van der Waals surface area contributed by atoms with Crippen LogP contribution in [0.5, 0.6) is 0 Å². The van der Waals surface area contributed by atoms with Gasteiger partial charge in [-0.2, -0.15) is 5.26 Å². The molecule has 3 rings (SSSR count). The fourth-order valence-electron chi connectivity index (χ4n) is 3.53. The zero-order valence-corrected chi connectivity index (χ0v) is 21.4. The van der Waals surface area contributed by atoms with E-state index in [2.05, 4.69) is 32.3 Å². The Morgan fingerprint density at radius 3 is 2.42 bits per heavy atom. The van der Waals surface area contributed by atoms with Gasteiger partial charge in [0.05, 0.1) is 11.3 Å². The summed E-state index contributed by atoms with van der Waals surface area (Å²) in [6, 6.07) is 15.3. The first-order valence-electron chi connectivity index (χ1n) is 10.4. The van der Waals surface area contributed by atoms with E-state index >= 15 is 0 Å². The summed E-state index contributed by atoms with van der Waals surface area (Å²) in [5.41, 5.74) is 6.09. The van der Waals surface area contributed by atoms with Crippen LogP contribution < -0.4 is 5.32 Å². The van der Waals surface area contributed by atoms with Gasteiger partial charge in [0.15, 0.2) is 5.78 Å². The van der Waals surface area contributed by atoms with Gasteiger partial charge in [-0.25, -0.2) is 4.98 Å². The van der Waals surface area contributed by atoms with Crippen LogP contribution in [0.4, 0.5) is 5.69 Å². The molecule has 5 nitrogen and oxygen atoms in total. The van der Waals surface area contributed by atoms with Gasteiger partial charge in [0, 0.05) is 27.8 Å². The van der Waals surface area contributed by atoms with E-state index in [-0.39, 0.29) is 23.9 Å². The number of halogens is 1. The van der Waals surface area contributed by atoms with Gasteiger partial charge in [-0.1, -0.05) is 57.5 Å². The topological polar surface area (TPSA) is 82.8 Å². The fraction of sp³-hybridized carbons (Fsp3) is 0.231. The highest BCUT2D eigenvalue weighted by Crippen LogP contribution is 2.28. The molecule has 0 aliphatic carbocycles. The third-order valence-corrected chi connectivity index (χ3v) is 6.86. The van der Waals surface area contributed by atoms with Crippen LogP contribution >= 0.6 is 27.7 Å². The molecule has 0 atom stereocenters. The van der Waals surface area contributed by atoms with Crippen LogP contribution in [0, 0.1) is 39.0 Å². The number of carbonyl (C=O) groups is 2. The molecule has 33 heavy (non-hydrogen) atoms. The van der Waals surface area contributed by atoms with E-state index in [9.17, 15) is 14.9 Å². The molecule has 168 valence electrons. The zero-order valence-electron chi connectivity index (χ0n) is 19.0. The number of aromatic nitrogens is 1. The molecule has 1 aromatic heterocycles. The van der Waals surface area contributed by atoms with E-state index in [1.54, 1.807) is 12.1 Å². The lowest BCUT2D eigenvalue weighted by Gasteiger charge is -2.14. The average Bonchev–Trinajstić information content (AvgIpc) is 2.77. The number of benzene rings is 2. The number of anilines is 1. The van der Waals surface area contributed by atoms with Crippen molar-refractivity contribution in [2.45, 2.75) is 39.1 Å². The summed E-state index contributed by atoms with van der Waals surface area (Å²) in [7, 11) is 0. The second-order valence-electron chi connectivity index (χ2n) is 7.85. The minimum atomic E-state index is -0.164. The van der Waals surface area contributed by atoms with E-state index in [4.69, 9.17) is 0 Å². The maximum absolute atomic E-state index is 12.8. The quantitative estimate of drug-likeness (QED) is 0.299. The normalized spacial score (nSPS) is 10.5. The number of hydrogen-bond acceptors (Lipinski definition) is 5. The number of ketones is 1. The lowest BCUT2D eigenvalue weighted by Crippen LogP contribution is -2.15. The van der Waals surface area contributed by atoms with E-state index in [0.717, 1.165) is 32.4 Å². The Labute approximate surface area is 206 Å². The summed E-state index contributed by atoms with van der Waals surface area (Å²) in [5.74, 6) is -0.0690. The molecule has 0 aliphatic heterocycles. The number of Topliss-reactive ketones (excluding diaryl/α,β-unsaturated/α-hetero) is 1. The SMILES string of the molecule is Cc1ccc(NC(=O)CSc2nc(C)c(CC(=O)c3ccc(Br)cc3)c(C)c2C#N)c(C)c1. The molecule has 2 aromatic carbocycles. The smallest absolute Gasteiger partial charge is 0.234 e. The van der Waals surface area contributed by atoms with E-state index < -0.39 is 0 Å². The van der Waals surface area contributed by atoms with Crippen LogP contribution in [0.3, 0.4) is 0 Å². The molecule has 0 saturated heterocycles. The van der Waals surface area contributed by atoms with Crippen molar-refractivity contribution in [3.8, 4) is 6.07 Å². The lowest BCUT2D eigenvalue weighted by atomic mass is 9.96. The molecule has 1 heterocycles. The van der Waals surface area contributed by atoms with Crippen molar-refractivity contribution in [1.82, 2.24) is 4.98 Å². The molecule has 7 heteroatoms. The second kappa shape index (κ2) is 10.8. The Morgan fingerprint density at radius 1 is 1.09 bits per heavy atom. The molecule has 0 fully saturated rings. The van der Waals surface area contributed by atoms with E-state index in [1.807, 2.05) is 58.0 Å². The average molecular weight is 522 g/mol. The van der Waals surface area contributed by atoms with Gasteiger partial charge in [0.25, 0.3) is 0 Å². The largest absolute Gasteiger partial charge is 0.325 e. The van der Waals surface area contributed by atoms with E-state index in [1.165, 1.54) is 11.8 Å². The van der Waals surface area contributed by atoms with Crippen LogP contribution in [0.1, 0.15) is 43.9 Å². The number of nitrogens with zero attached hydrogens (tertiary/aromatic N) is 2. The van der Waals surface area contributed by atoms with Crippen LogP contribution in [0.25, 0.3) is 0 Å². The molecule has 1 N–H and O–H groups in total. The van der Waals surface area contributed by atoms with Gasteiger partial charge >= 0.3 is 0 Å². The molecule has 3 aromatic rings. The summed E-state index contributed by atoms with van der Waals surface area (Å²) < 4.78 is 0.905. The number of nitriles is 1. The third kappa shape index (κ3) is 6.10. The number of carbonyl (C=O) groups excluding carboxylic acids is 2. The maximum atomic E-state index is 12.8. The molecule has 0 unspecified atom stereocenters. The molecule has 0 aliphatic rings. The summed E-state index contributed by atoms with van der Waals surface area (Å²) in [6.45, 7) is 7.62. The Balaban J connectivity index is 1.75. The number of amides is 1. The van der Waals surface area contributed by atoms with Gasteiger partial charge in [0.1, 0.15) is 11.1 Å². The number of aryl methyl sites for hydroxylation is 3. The second-order valence-corrected chi connectivity index (χ2v) is 9.73. The minimum Gasteiger partial charge on any atom is -0.325 e. The van der Waals surface area contributed by atoms with Crippen molar-refractivity contribution in [2.75, 3.05) is 11.1 Å². The predicted molar refractivity (Wildman–Crippen MR) is 136 cm³/mol. The van der Waals surface area contributed by atoms with Crippen molar-refractivity contribution >= 4 is 45.1 Å². The molecule has 1 amide bonds. The Morgan fingerprint density at radius 2 is 1.79 bits per heavy atom. The van der Waals surface area contributed by atoms with Crippen LogP contribution in [-0.4, -0.2) is 22.4 Å².